The molecule has 0 radical (unpaired) electrons. The molecule has 0 bridgehead atoms. The molecule has 0 spiro atoms. The number of aliphatic imine (C=N–C) groups is 1. The summed E-state index contributed by atoms with van der Waals surface area (Å²) in [6.45, 7) is 0. The third-order valence-electron chi connectivity index (χ3n) is 3.74. The van der Waals surface area contributed by atoms with Crippen LogP contribution in [0.4, 0.5) is 5.69 Å². The van der Waals surface area contributed by atoms with Crippen molar-refractivity contribution in [1.29, 1.82) is 0 Å². The zero-order valence-electron chi connectivity index (χ0n) is 13.6. The Hall–Kier alpha value is -3.33. The summed E-state index contributed by atoms with van der Waals surface area (Å²) in [6.07, 6.45) is -0.0351. The maximum atomic E-state index is 12.8. The van der Waals surface area contributed by atoms with Gasteiger partial charge in [-0.1, -0.05) is 78.9 Å². The zero-order chi connectivity index (χ0) is 17.5. The number of ketones is 2. The fourth-order valence-electron chi connectivity index (χ4n) is 2.46. The minimum Gasteiger partial charge on any atom is -0.294 e. The molecule has 0 aliphatic carbocycles. The molecule has 0 amide bonds. The van der Waals surface area contributed by atoms with Gasteiger partial charge in [0.2, 0.25) is 5.78 Å². The molecule has 25 heavy (non-hydrogen) atoms. The third-order valence-corrected chi connectivity index (χ3v) is 3.74. The minimum absolute atomic E-state index is 0.0351. The van der Waals surface area contributed by atoms with E-state index in [1.54, 1.807) is 48.5 Å². The summed E-state index contributed by atoms with van der Waals surface area (Å²) in [5.74, 6) is -0.353. The molecule has 122 valence electrons. The van der Waals surface area contributed by atoms with E-state index < -0.39 is 0 Å². The monoisotopic (exact) mass is 327 g/mol. The predicted molar refractivity (Wildman–Crippen MR) is 99.7 cm³/mol. The van der Waals surface area contributed by atoms with E-state index in [1.165, 1.54) is 0 Å². The van der Waals surface area contributed by atoms with Gasteiger partial charge < -0.3 is 0 Å². The average molecular weight is 327 g/mol. The highest BCUT2D eigenvalue weighted by molar-refractivity contribution is 6.49. The van der Waals surface area contributed by atoms with Gasteiger partial charge in [0, 0.05) is 11.1 Å². The Morgan fingerprint density at radius 1 is 0.640 bits per heavy atom. The molecule has 0 saturated carbocycles. The standard InChI is InChI=1S/C22H17NO2/c24-21(17-10-4-1-5-11-17)16-20(23-19-14-8-3-9-15-19)22(25)18-12-6-2-7-13-18/h1-15H,16H2. The second-order valence-corrected chi connectivity index (χ2v) is 5.56. The van der Waals surface area contributed by atoms with Crippen molar-refractivity contribution >= 4 is 23.0 Å². The van der Waals surface area contributed by atoms with Crippen molar-refractivity contribution in [2.24, 2.45) is 4.99 Å². The fourth-order valence-corrected chi connectivity index (χ4v) is 2.46. The van der Waals surface area contributed by atoms with Gasteiger partial charge in [-0.3, -0.25) is 9.59 Å². The van der Waals surface area contributed by atoms with E-state index in [2.05, 4.69) is 4.99 Å². The molecule has 0 aromatic heterocycles. The first-order chi connectivity index (χ1) is 12.2. The Morgan fingerprint density at radius 3 is 1.68 bits per heavy atom. The Kier molecular flexibility index (Phi) is 5.27. The molecule has 3 heteroatoms. The first kappa shape index (κ1) is 16.5. The summed E-state index contributed by atoms with van der Waals surface area (Å²) < 4.78 is 0. The lowest BCUT2D eigenvalue weighted by Gasteiger charge is -2.06. The van der Waals surface area contributed by atoms with Crippen molar-refractivity contribution in [3.63, 3.8) is 0 Å². The Bertz CT molecular complexity index is 885. The summed E-state index contributed by atoms with van der Waals surface area (Å²) in [6, 6.07) is 27.1. The molecule has 3 rings (SSSR count). The van der Waals surface area contributed by atoms with Gasteiger partial charge in [-0.15, -0.1) is 0 Å². The number of carbonyl (C=O) groups excluding carboxylic acids is 2. The molecule has 0 saturated heterocycles. The summed E-state index contributed by atoms with van der Waals surface area (Å²) in [5, 5.41) is 0. The smallest absolute Gasteiger partial charge is 0.207 e. The van der Waals surface area contributed by atoms with Crippen LogP contribution in [0.2, 0.25) is 0 Å². The summed E-state index contributed by atoms with van der Waals surface area (Å²) in [4.78, 5) is 29.8. The van der Waals surface area contributed by atoms with E-state index in [-0.39, 0.29) is 23.7 Å². The average Bonchev–Trinajstić information content (AvgIpc) is 2.69. The van der Waals surface area contributed by atoms with E-state index in [9.17, 15) is 9.59 Å². The predicted octanol–water partition coefficient (Wildman–Crippen LogP) is 4.92. The lowest BCUT2D eigenvalue weighted by molar-refractivity contribution is 0.0985. The molecule has 0 atom stereocenters. The van der Waals surface area contributed by atoms with Gasteiger partial charge in [0.1, 0.15) is 0 Å². The highest BCUT2D eigenvalue weighted by Crippen LogP contribution is 2.15. The van der Waals surface area contributed by atoms with Gasteiger partial charge in [0.05, 0.1) is 17.8 Å². The van der Waals surface area contributed by atoms with E-state index in [1.807, 2.05) is 42.5 Å². The second kappa shape index (κ2) is 7.97. The molecule has 0 fully saturated rings. The van der Waals surface area contributed by atoms with Crippen LogP contribution in [0.1, 0.15) is 27.1 Å². The Balaban J connectivity index is 1.93. The van der Waals surface area contributed by atoms with Gasteiger partial charge in [-0.2, -0.15) is 0 Å². The molecule has 0 aliphatic rings. The summed E-state index contributed by atoms with van der Waals surface area (Å²) >= 11 is 0. The van der Waals surface area contributed by atoms with Crippen LogP contribution in [-0.2, 0) is 0 Å². The highest BCUT2D eigenvalue weighted by atomic mass is 16.1. The molecule has 3 nitrogen and oxygen atoms in total. The largest absolute Gasteiger partial charge is 0.294 e. The molecule has 3 aromatic carbocycles. The van der Waals surface area contributed by atoms with Gasteiger partial charge in [0.15, 0.2) is 5.78 Å². The fraction of sp³-hybridized carbons (Fsp3) is 0.0455. The van der Waals surface area contributed by atoms with Gasteiger partial charge >= 0.3 is 0 Å². The topological polar surface area (TPSA) is 46.5 Å². The van der Waals surface area contributed by atoms with E-state index >= 15 is 0 Å². The van der Waals surface area contributed by atoms with Crippen LogP contribution in [0.5, 0.6) is 0 Å². The van der Waals surface area contributed by atoms with Crippen LogP contribution in [0.25, 0.3) is 0 Å². The van der Waals surface area contributed by atoms with Crippen LogP contribution in [0.3, 0.4) is 0 Å². The summed E-state index contributed by atoms with van der Waals surface area (Å²) in [7, 11) is 0. The number of benzene rings is 3. The SMILES string of the molecule is O=C(CC(=Nc1ccccc1)C(=O)c1ccccc1)c1ccccc1. The van der Waals surface area contributed by atoms with Gasteiger partial charge in [0.25, 0.3) is 0 Å². The lowest BCUT2D eigenvalue weighted by Crippen LogP contribution is -2.18. The number of rotatable bonds is 6. The zero-order valence-corrected chi connectivity index (χ0v) is 13.6. The van der Waals surface area contributed by atoms with Crippen molar-refractivity contribution in [1.82, 2.24) is 0 Å². The second-order valence-electron chi connectivity index (χ2n) is 5.56. The van der Waals surface area contributed by atoms with E-state index in [4.69, 9.17) is 0 Å². The van der Waals surface area contributed by atoms with Crippen molar-refractivity contribution in [2.75, 3.05) is 0 Å². The van der Waals surface area contributed by atoms with Gasteiger partial charge in [-0.05, 0) is 12.1 Å². The van der Waals surface area contributed by atoms with Crippen molar-refractivity contribution in [3.05, 3.63) is 102 Å². The van der Waals surface area contributed by atoms with Gasteiger partial charge in [-0.25, -0.2) is 4.99 Å². The maximum Gasteiger partial charge on any atom is 0.207 e. The van der Waals surface area contributed by atoms with E-state index in [0.29, 0.717) is 16.8 Å². The van der Waals surface area contributed by atoms with Crippen molar-refractivity contribution < 1.29 is 9.59 Å². The van der Waals surface area contributed by atoms with E-state index in [0.717, 1.165) is 0 Å². The molecular weight excluding hydrogens is 310 g/mol. The molecule has 0 N–H and O–H groups in total. The number of hydrogen-bond donors (Lipinski definition) is 0. The Morgan fingerprint density at radius 2 is 1.12 bits per heavy atom. The van der Waals surface area contributed by atoms with Crippen LogP contribution in [-0.4, -0.2) is 17.3 Å². The van der Waals surface area contributed by atoms with Crippen molar-refractivity contribution in [2.45, 2.75) is 6.42 Å². The number of carbonyl (C=O) groups is 2. The van der Waals surface area contributed by atoms with Crippen LogP contribution >= 0.6 is 0 Å². The normalized spacial score (nSPS) is 11.1. The minimum atomic E-state index is -0.228. The first-order valence-corrected chi connectivity index (χ1v) is 8.04. The number of Topliss-reactive ketones (excluding diaryl/α,β-unsaturated/α-hetero) is 2. The summed E-state index contributed by atoms with van der Waals surface area (Å²) in [5.41, 5.74) is 2.00. The third kappa shape index (κ3) is 4.36. The number of nitrogens with zero attached hydrogens (tertiary/aromatic N) is 1. The maximum absolute atomic E-state index is 12.8. The number of hydrogen-bond acceptors (Lipinski definition) is 3. The number of para-hydroxylation sites is 1. The molecule has 3 aromatic rings. The van der Waals surface area contributed by atoms with Crippen molar-refractivity contribution in [3.8, 4) is 0 Å². The lowest BCUT2D eigenvalue weighted by atomic mass is 9.99. The Labute approximate surface area is 146 Å². The highest BCUT2D eigenvalue weighted by Gasteiger charge is 2.18. The van der Waals surface area contributed by atoms with Crippen LogP contribution < -0.4 is 0 Å². The molecule has 0 aliphatic heterocycles. The molecular formula is C22H17NO2. The quantitative estimate of drug-likeness (QED) is 0.477. The molecule has 0 unspecified atom stereocenters. The van der Waals surface area contributed by atoms with Crippen LogP contribution in [0.15, 0.2) is 96.0 Å². The molecule has 0 heterocycles. The first-order valence-electron chi connectivity index (χ1n) is 8.04. The van der Waals surface area contributed by atoms with Crippen LogP contribution in [0, 0.1) is 0 Å².